The fourth-order valence-electron chi connectivity index (χ4n) is 2.67. The first-order valence-corrected chi connectivity index (χ1v) is 9.25. The molecule has 0 spiro atoms. The molecule has 4 nitrogen and oxygen atoms in total. The van der Waals surface area contributed by atoms with E-state index in [1.807, 2.05) is 25.1 Å². The van der Waals surface area contributed by atoms with Crippen LogP contribution in [0.3, 0.4) is 0 Å². The number of piperazine rings is 1. The van der Waals surface area contributed by atoms with E-state index in [9.17, 15) is 4.79 Å². The quantitative estimate of drug-likeness (QED) is 0.860. The lowest BCUT2D eigenvalue weighted by Gasteiger charge is -2.34. The lowest BCUT2D eigenvalue weighted by Crippen LogP contribution is -2.44. The van der Waals surface area contributed by atoms with E-state index in [-0.39, 0.29) is 5.91 Å². The monoisotopic (exact) mass is 393 g/mol. The standard InChI is InChI=1S/C17H20BrN3OS/c1-12-11-13(21-9-7-20(2)8-10-21)3-4-14(12)19-17(22)15-5-6-16(18)23-15/h3-6,11H,7-10H2,1-2H3,(H,19,22). The number of anilines is 2. The van der Waals surface area contributed by atoms with Gasteiger partial charge in [-0.3, -0.25) is 4.79 Å². The zero-order valence-electron chi connectivity index (χ0n) is 13.3. The first-order valence-electron chi connectivity index (χ1n) is 7.64. The summed E-state index contributed by atoms with van der Waals surface area (Å²) in [7, 11) is 2.16. The molecule has 1 amide bonds. The van der Waals surface area contributed by atoms with Crippen molar-refractivity contribution in [3.63, 3.8) is 0 Å². The van der Waals surface area contributed by atoms with Crippen LogP contribution < -0.4 is 10.2 Å². The van der Waals surface area contributed by atoms with E-state index in [0.29, 0.717) is 4.88 Å². The van der Waals surface area contributed by atoms with Crippen LogP contribution in [0, 0.1) is 6.92 Å². The summed E-state index contributed by atoms with van der Waals surface area (Å²) >= 11 is 4.83. The van der Waals surface area contributed by atoms with Crippen molar-refractivity contribution in [1.29, 1.82) is 0 Å². The Morgan fingerprint density at radius 2 is 1.91 bits per heavy atom. The minimum atomic E-state index is -0.0591. The van der Waals surface area contributed by atoms with Gasteiger partial charge in [-0.1, -0.05) is 0 Å². The summed E-state index contributed by atoms with van der Waals surface area (Å²) in [4.78, 5) is 17.7. The summed E-state index contributed by atoms with van der Waals surface area (Å²) in [6.45, 7) is 6.31. The van der Waals surface area contributed by atoms with Gasteiger partial charge in [0.25, 0.3) is 5.91 Å². The van der Waals surface area contributed by atoms with Gasteiger partial charge in [-0.05, 0) is 65.8 Å². The van der Waals surface area contributed by atoms with Crippen LogP contribution in [0.25, 0.3) is 0 Å². The van der Waals surface area contributed by atoms with Crippen LogP contribution in [0.5, 0.6) is 0 Å². The number of nitrogens with zero attached hydrogens (tertiary/aromatic N) is 2. The van der Waals surface area contributed by atoms with Gasteiger partial charge in [-0.25, -0.2) is 0 Å². The van der Waals surface area contributed by atoms with Crippen molar-refractivity contribution in [2.75, 3.05) is 43.4 Å². The van der Waals surface area contributed by atoms with Crippen LogP contribution in [0.1, 0.15) is 15.2 Å². The van der Waals surface area contributed by atoms with Crippen molar-refractivity contribution in [2.45, 2.75) is 6.92 Å². The predicted octanol–water partition coefficient (Wildman–Crippen LogP) is 3.82. The summed E-state index contributed by atoms with van der Waals surface area (Å²) in [5, 5.41) is 3.00. The first-order chi connectivity index (χ1) is 11.0. The van der Waals surface area contributed by atoms with E-state index in [0.717, 1.165) is 41.2 Å². The molecule has 1 aliphatic heterocycles. The highest BCUT2D eigenvalue weighted by molar-refractivity contribution is 9.11. The second-order valence-corrected chi connectivity index (χ2v) is 8.31. The third-order valence-electron chi connectivity index (χ3n) is 4.12. The van der Waals surface area contributed by atoms with Gasteiger partial charge in [0.05, 0.1) is 8.66 Å². The Labute approximate surface area is 149 Å². The normalized spacial score (nSPS) is 15.7. The van der Waals surface area contributed by atoms with Gasteiger partial charge in [-0.2, -0.15) is 0 Å². The van der Waals surface area contributed by atoms with Crippen LogP contribution >= 0.6 is 27.3 Å². The number of thiophene rings is 1. The zero-order chi connectivity index (χ0) is 16.4. The van der Waals surface area contributed by atoms with Crippen LogP contribution in [-0.2, 0) is 0 Å². The summed E-state index contributed by atoms with van der Waals surface area (Å²) in [5.74, 6) is -0.0591. The second-order valence-electron chi connectivity index (χ2n) is 5.85. The smallest absolute Gasteiger partial charge is 0.265 e. The highest BCUT2D eigenvalue weighted by atomic mass is 79.9. The molecule has 1 saturated heterocycles. The Morgan fingerprint density at radius 3 is 2.52 bits per heavy atom. The topological polar surface area (TPSA) is 35.6 Å². The summed E-state index contributed by atoms with van der Waals surface area (Å²) < 4.78 is 0.963. The fourth-order valence-corrected chi connectivity index (χ4v) is 3.95. The molecule has 0 bridgehead atoms. The van der Waals surface area contributed by atoms with Crippen LogP contribution in [0.15, 0.2) is 34.1 Å². The minimum absolute atomic E-state index is 0.0591. The molecular formula is C17H20BrN3OS. The molecule has 0 unspecified atom stereocenters. The molecule has 1 N–H and O–H groups in total. The third-order valence-corrected chi connectivity index (χ3v) is 5.75. The molecule has 1 fully saturated rings. The average Bonchev–Trinajstić information content (AvgIpc) is 2.97. The second kappa shape index (κ2) is 7.03. The van der Waals surface area contributed by atoms with E-state index >= 15 is 0 Å². The molecule has 0 radical (unpaired) electrons. The highest BCUT2D eigenvalue weighted by Gasteiger charge is 2.16. The Kier molecular flexibility index (Phi) is 5.04. The van der Waals surface area contributed by atoms with Crippen molar-refractivity contribution >= 4 is 44.5 Å². The lowest BCUT2D eigenvalue weighted by molar-refractivity contribution is 0.103. The van der Waals surface area contributed by atoms with Crippen molar-refractivity contribution in [3.05, 3.63) is 44.6 Å². The molecule has 0 aliphatic carbocycles. The molecular weight excluding hydrogens is 374 g/mol. The molecule has 122 valence electrons. The van der Waals surface area contributed by atoms with Crippen molar-refractivity contribution in [1.82, 2.24) is 4.90 Å². The number of hydrogen-bond acceptors (Lipinski definition) is 4. The van der Waals surface area contributed by atoms with Gasteiger partial charge in [-0.15, -0.1) is 11.3 Å². The lowest BCUT2D eigenvalue weighted by atomic mass is 10.1. The number of likely N-dealkylation sites (N-methyl/N-ethyl adjacent to an activating group) is 1. The Morgan fingerprint density at radius 1 is 1.17 bits per heavy atom. The number of hydrogen-bond donors (Lipinski definition) is 1. The van der Waals surface area contributed by atoms with E-state index < -0.39 is 0 Å². The number of benzene rings is 1. The molecule has 0 saturated carbocycles. The number of nitrogens with one attached hydrogen (secondary N) is 1. The molecule has 23 heavy (non-hydrogen) atoms. The van der Waals surface area contributed by atoms with Crippen LogP contribution in [0.4, 0.5) is 11.4 Å². The van der Waals surface area contributed by atoms with Gasteiger partial charge in [0.2, 0.25) is 0 Å². The van der Waals surface area contributed by atoms with Crippen molar-refractivity contribution in [2.24, 2.45) is 0 Å². The van der Waals surface area contributed by atoms with Crippen LogP contribution in [0.2, 0.25) is 0 Å². The molecule has 3 rings (SSSR count). The molecule has 2 heterocycles. The number of aryl methyl sites for hydroxylation is 1. The van der Waals surface area contributed by atoms with E-state index in [2.05, 4.69) is 50.2 Å². The third kappa shape index (κ3) is 3.94. The largest absolute Gasteiger partial charge is 0.369 e. The summed E-state index contributed by atoms with van der Waals surface area (Å²) in [5.41, 5.74) is 3.19. The zero-order valence-corrected chi connectivity index (χ0v) is 15.7. The Balaban J connectivity index is 1.71. The maximum absolute atomic E-state index is 12.3. The maximum Gasteiger partial charge on any atom is 0.265 e. The maximum atomic E-state index is 12.3. The van der Waals surface area contributed by atoms with E-state index in [1.54, 1.807) is 0 Å². The van der Waals surface area contributed by atoms with Gasteiger partial charge in [0, 0.05) is 37.6 Å². The highest BCUT2D eigenvalue weighted by Crippen LogP contribution is 2.26. The SMILES string of the molecule is Cc1cc(N2CCN(C)CC2)ccc1NC(=O)c1ccc(Br)s1. The van der Waals surface area contributed by atoms with Gasteiger partial charge in [0.15, 0.2) is 0 Å². The van der Waals surface area contributed by atoms with Gasteiger partial charge in [0.1, 0.15) is 0 Å². The van der Waals surface area contributed by atoms with E-state index in [1.165, 1.54) is 17.0 Å². The first kappa shape index (κ1) is 16.5. The Hall–Kier alpha value is -1.37. The van der Waals surface area contributed by atoms with Crippen LogP contribution in [-0.4, -0.2) is 44.0 Å². The molecule has 2 aromatic rings. The van der Waals surface area contributed by atoms with Gasteiger partial charge >= 0.3 is 0 Å². The Bertz CT molecular complexity index is 708. The molecule has 1 aromatic heterocycles. The molecule has 0 atom stereocenters. The molecule has 1 aliphatic rings. The molecule has 1 aromatic carbocycles. The van der Waals surface area contributed by atoms with Gasteiger partial charge < -0.3 is 15.1 Å². The van der Waals surface area contributed by atoms with Crippen molar-refractivity contribution in [3.8, 4) is 0 Å². The average molecular weight is 394 g/mol. The predicted molar refractivity (Wildman–Crippen MR) is 101 cm³/mol. The number of carbonyl (C=O) groups is 1. The molecule has 6 heteroatoms. The van der Waals surface area contributed by atoms with Crippen molar-refractivity contribution < 1.29 is 4.79 Å². The van der Waals surface area contributed by atoms with E-state index in [4.69, 9.17) is 0 Å². The fraction of sp³-hybridized carbons (Fsp3) is 0.353. The number of rotatable bonds is 3. The summed E-state index contributed by atoms with van der Waals surface area (Å²) in [6, 6.07) is 9.98. The minimum Gasteiger partial charge on any atom is -0.369 e. The number of carbonyl (C=O) groups excluding carboxylic acids is 1. The number of halogens is 1. The number of amides is 1. The summed E-state index contributed by atoms with van der Waals surface area (Å²) in [6.07, 6.45) is 0.